The van der Waals surface area contributed by atoms with E-state index in [0.717, 1.165) is 11.1 Å². The molecule has 0 radical (unpaired) electrons. The van der Waals surface area contributed by atoms with Gasteiger partial charge in [-0.1, -0.05) is 24.3 Å². The third kappa shape index (κ3) is 4.24. The number of aliphatic carboxylic acids is 1. The number of rotatable bonds is 7. The monoisotopic (exact) mass is 383 g/mol. The van der Waals surface area contributed by atoms with E-state index in [9.17, 15) is 14.7 Å². The summed E-state index contributed by atoms with van der Waals surface area (Å²) in [4.78, 5) is 23.7. The molecule has 1 aromatic carbocycles. The van der Waals surface area contributed by atoms with E-state index in [4.69, 9.17) is 9.47 Å². The van der Waals surface area contributed by atoms with Gasteiger partial charge in [0.1, 0.15) is 0 Å². The predicted molar refractivity (Wildman–Crippen MR) is 107 cm³/mol. The van der Waals surface area contributed by atoms with Crippen LogP contribution in [0.15, 0.2) is 53.6 Å². The first-order chi connectivity index (χ1) is 13.5. The molecule has 0 heterocycles. The second-order valence-corrected chi connectivity index (χ2v) is 6.82. The molecule has 0 fully saturated rings. The van der Waals surface area contributed by atoms with E-state index in [2.05, 4.69) is 5.32 Å². The summed E-state index contributed by atoms with van der Waals surface area (Å²) in [7, 11) is 1.63. The van der Waals surface area contributed by atoms with Crippen molar-refractivity contribution in [3.05, 3.63) is 59.2 Å². The summed E-state index contributed by atoms with van der Waals surface area (Å²) in [5.41, 5.74) is 3.31. The first-order valence-electron chi connectivity index (χ1n) is 9.42. The van der Waals surface area contributed by atoms with Crippen molar-refractivity contribution in [2.75, 3.05) is 19.0 Å². The van der Waals surface area contributed by atoms with Crippen molar-refractivity contribution in [2.45, 2.75) is 38.4 Å². The first kappa shape index (κ1) is 20.0. The molecule has 148 valence electrons. The van der Waals surface area contributed by atoms with Crippen LogP contribution in [-0.2, 0) is 19.1 Å². The minimum absolute atomic E-state index is 0.222. The fourth-order valence-corrected chi connectivity index (χ4v) is 3.64. The van der Waals surface area contributed by atoms with E-state index >= 15 is 0 Å². The van der Waals surface area contributed by atoms with Crippen LogP contribution in [0.25, 0.3) is 5.57 Å². The summed E-state index contributed by atoms with van der Waals surface area (Å²) in [6, 6.07) is 7.48. The smallest absolute Gasteiger partial charge is 0.332 e. The summed E-state index contributed by atoms with van der Waals surface area (Å²) in [6.45, 7) is 2.48. The number of allylic oxidation sites excluding steroid dienone is 2. The summed E-state index contributed by atoms with van der Waals surface area (Å²) in [6.07, 6.45) is 8.09. The molecule has 0 saturated heterocycles. The van der Waals surface area contributed by atoms with Crippen LogP contribution in [0.5, 0.6) is 0 Å². The fraction of sp³-hybridized carbons (Fsp3) is 0.364. The zero-order chi connectivity index (χ0) is 20.1. The molecule has 1 aromatic rings. The standard InChI is InChI=1S/C22H25NO5/c1-3-28-22(27-2)13-5-6-16(14-22)15-9-11-17(12-10-15)23-20(24)18-7-4-8-19(18)21(25)26/h5-6,9-13H,3-4,7-8,14H2,1-2H3,(H,23,24)(H,25,26). The van der Waals surface area contributed by atoms with E-state index in [1.54, 1.807) is 7.11 Å². The van der Waals surface area contributed by atoms with Gasteiger partial charge in [0.2, 0.25) is 0 Å². The number of hydrogen-bond donors (Lipinski definition) is 2. The molecule has 0 spiro atoms. The number of anilines is 1. The molecule has 6 nitrogen and oxygen atoms in total. The SMILES string of the molecule is CCOC1(OC)C=CC=C(c2ccc(NC(=O)C3=C(C(=O)O)CCC3)cc2)C1. The number of hydrogen-bond acceptors (Lipinski definition) is 4. The first-order valence-corrected chi connectivity index (χ1v) is 9.42. The Hall–Kier alpha value is -2.70. The highest BCUT2D eigenvalue weighted by molar-refractivity contribution is 6.09. The average molecular weight is 383 g/mol. The van der Waals surface area contributed by atoms with Crippen LogP contribution in [-0.4, -0.2) is 36.5 Å². The predicted octanol–water partition coefficient (Wildman–Crippen LogP) is 3.91. The molecule has 2 N–H and O–H groups in total. The minimum Gasteiger partial charge on any atom is -0.478 e. The number of benzene rings is 1. The summed E-state index contributed by atoms with van der Waals surface area (Å²) < 4.78 is 11.3. The van der Waals surface area contributed by atoms with Gasteiger partial charge in [-0.25, -0.2) is 4.79 Å². The molecule has 1 atom stereocenters. The highest BCUT2D eigenvalue weighted by Gasteiger charge is 2.31. The summed E-state index contributed by atoms with van der Waals surface area (Å²) in [5, 5.41) is 12.0. The Balaban J connectivity index is 1.71. The number of carbonyl (C=O) groups excluding carboxylic acids is 1. The second-order valence-electron chi connectivity index (χ2n) is 6.82. The lowest BCUT2D eigenvalue weighted by atomic mass is 9.93. The van der Waals surface area contributed by atoms with Crippen LogP contribution in [0.4, 0.5) is 5.69 Å². The molecule has 0 aliphatic heterocycles. The fourth-order valence-electron chi connectivity index (χ4n) is 3.64. The number of methoxy groups -OCH3 is 1. The van der Waals surface area contributed by atoms with E-state index in [1.807, 2.05) is 49.4 Å². The summed E-state index contributed by atoms with van der Waals surface area (Å²) >= 11 is 0. The molecule has 3 rings (SSSR count). The zero-order valence-corrected chi connectivity index (χ0v) is 16.2. The second kappa shape index (κ2) is 8.54. The quantitative estimate of drug-likeness (QED) is 0.697. The van der Waals surface area contributed by atoms with Gasteiger partial charge >= 0.3 is 5.97 Å². The van der Waals surface area contributed by atoms with Gasteiger partial charge in [-0.2, -0.15) is 0 Å². The van der Waals surface area contributed by atoms with Crippen LogP contribution >= 0.6 is 0 Å². The largest absolute Gasteiger partial charge is 0.478 e. The maximum atomic E-state index is 12.4. The lowest BCUT2D eigenvalue weighted by Gasteiger charge is -2.32. The Labute approximate surface area is 164 Å². The van der Waals surface area contributed by atoms with Gasteiger partial charge in [0.15, 0.2) is 5.79 Å². The van der Waals surface area contributed by atoms with E-state index in [-0.39, 0.29) is 11.5 Å². The number of amides is 1. The maximum Gasteiger partial charge on any atom is 0.332 e. The van der Waals surface area contributed by atoms with Crippen molar-refractivity contribution in [2.24, 2.45) is 0 Å². The van der Waals surface area contributed by atoms with Crippen molar-refractivity contribution in [1.82, 2.24) is 0 Å². The van der Waals surface area contributed by atoms with Crippen LogP contribution < -0.4 is 5.32 Å². The molecule has 6 heteroatoms. The maximum absolute atomic E-state index is 12.4. The van der Waals surface area contributed by atoms with Gasteiger partial charge in [0.25, 0.3) is 5.91 Å². The van der Waals surface area contributed by atoms with Crippen LogP contribution in [0.3, 0.4) is 0 Å². The van der Waals surface area contributed by atoms with Gasteiger partial charge < -0.3 is 19.9 Å². The number of carboxylic acid groups (broad SMARTS) is 1. The Morgan fingerprint density at radius 3 is 2.54 bits per heavy atom. The summed E-state index contributed by atoms with van der Waals surface area (Å²) in [5.74, 6) is -2.10. The molecule has 0 aromatic heterocycles. The van der Waals surface area contributed by atoms with Crippen LogP contribution in [0, 0.1) is 0 Å². The highest BCUT2D eigenvalue weighted by atomic mass is 16.7. The molecule has 2 aliphatic rings. The lowest BCUT2D eigenvalue weighted by molar-refractivity contribution is -0.181. The minimum atomic E-state index is -1.01. The Kier molecular flexibility index (Phi) is 6.11. The number of nitrogens with one attached hydrogen (secondary N) is 1. The Bertz CT molecular complexity index is 850. The molecule has 0 bridgehead atoms. The molecular formula is C22H25NO5. The van der Waals surface area contributed by atoms with E-state index in [0.29, 0.717) is 43.6 Å². The topological polar surface area (TPSA) is 84.9 Å². The van der Waals surface area contributed by atoms with E-state index < -0.39 is 11.8 Å². The molecular weight excluding hydrogens is 358 g/mol. The van der Waals surface area contributed by atoms with Gasteiger partial charge in [0, 0.05) is 37.0 Å². The van der Waals surface area contributed by atoms with Crippen molar-refractivity contribution in [3.8, 4) is 0 Å². The highest BCUT2D eigenvalue weighted by Crippen LogP contribution is 2.34. The zero-order valence-electron chi connectivity index (χ0n) is 16.2. The number of carboxylic acids is 1. The van der Waals surface area contributed by atoms with Crippen molar-refractivity contribution < 1.29 is 24.2 Å². The molecule has 1 amide bonds. The third-order valence-electron chi connectivity index (χ3n) is 5.08. The van der Waals surface area contributed by atoms with Crippen molar-refractivity contribution in [1.29, 1.82) is 0 Å². The normalized spacial score (nSPS) is 21.6. The number of ether oxygens (including phenoxy) is 2. The third-order valence-corrected chi connectivity index (χ3v) is 5.08. The van der Waals surface area contributed by atoms with Crippen LogP contribution in [0.1, 0.15) is 38.2 Å². The molecule has 1 unspecified atom stereocenters. The number of carbonyl (C=O) groups is 2. The Morgan fingerprint density at radius 2 is 1.89 bits per heavy atom. The van der Waals surface area contributed by atoms with Crippen LogP contribution in [0.2, 0.25) is 0 Å². The lowest BCUT2D eigenvalue weighted by Crippen LogP contribution is -2.34. The van der Waals surface area contributed by atoms with Gasteiger partial charge in [0.05, 0.1) is 0 Å². The van der Waals surface area contributed by atoms with Gasteiger partial charge in [-0.05, 0) is 55.5 Å². The molecule has 2 aliphatic carbocycles. The average Bonchev–Trinajstić information content (AvgIpc) is 3.19. The van der Waals surface area contributed by atoms with Crippen molar-refractivity contribution in [3.63, 3.8) is 0 Å². The van der Waals surface area contributed by atoms with Gasteiger partial charge in [-0.15, -0.1) is 0 Å². The molecule has 28 heavy (non-hydrogen) atoms. The Morgan fingerprint density at radius 1 is 1.18 bits per heavy atom. The van der Waals surface area contributed by atoms with Gasteiger partial charge in [-0.3, -0.25) is 4.79 Å². The molecule has 0 saturated carbocycles. The van der Waals surface area contributed by atoms with E-state index in [1.165, 1.54) is 0 Å². The van der Waals surface area contributed by atoms with Crippen molar-refractivity contribution >= 4 is 23.1 Å².